The van der Waals surface area contributed by atoms with E-state index in [2.05, 4.69) is 14.9 Å². The summed E-state index contributed by atoms with van der Waals surface area (Å²) < 4.78 is 2.08. The number of hydrogen-bond donors (Lipinski definition) is 2. The molecule has 4 rings (SSSR count). The summed E-state index contributed by atoms with van der Waals surface area (Å²) in [6.07, 6.45) is 3.22. The van der Waals surface area contributed by atoms with E-state index >= 15 is 0 Å². The highest BCUT2D eigenvalue weighted by atomic mass is 35.5. The Labute approximate surface area is 190 Å². The lowest BCUT2D eigenvalue weighted by atomic mass is 9.79. The Morgan fingerprint density at radius 2 is 1.93 bits per heavy atom. The molecule has 7 nitrogen and oxygen atoms in total. The van der Waals surface area contributed by atoms with Gasteiger partial charge in [0.2, 0.25) is 0 Å². The number of imidazole rings is 1. The molecule has 1 aromatic carbocycles. The Morgan fingerprint density at radius 3 is 2.63 bits per heavy atom. The van der Waals surface area contributed by atoms with Crippen molar-refractivity contribution in [1.82, 2.24) is 24.7 Å². The van der Waals surface area contributed by atoms with Gasteiger partial charge in [-0.3, -0.25) is 4.79 Å². The van der Waals surface area contributed by atoms with Crippen LogP contribution in [-0.2, 0) is 18.6 Å². The van der Waals surface area contributed by atoms with Crippen molar-refractivity contribution in [3.63, 3.8) is 0 Å². The first kappa shape index (κ1) is 24.6. The highest BCUT2D eigenvalue weighted by molar-refractivity contribution is 5.92. The van der Waals surface area contributed by atoms with E-state index < -0.39 is 5.60 Å². The van der Waals surface area contributed by atoms with Crippen LogP contribution in [-0.4, -0.2) is 76.7 Å². The summed E-state index contributed by atoms with van der Waals surface area (Å²) in [7, 11) is 3.91. The second-order valence-corrected chi connectivity index (χ2v) is 8.01. The second kappa shape index (κ2) is 10.1. The van der Waals surface area contributed by atoms with E-state index in [-0.39, 0.29) is 36.8 Å². The molecule has 1 fully saturated rings. The molecule has 9 heteroatoms. The predicted octanol–water partition coefficient (Wildman–Crippen LogP) is 1.54. The molecule has 2 aromatic rings. The molecule has 0 bridgehead atoms. The van der Waals surface area contributed by atoms with Crippen LogP contribution in [0, 0.1) is 0 Å². The summed E-state index contributed by atoms with van der Waals surface area (Å²) >= 11 is 0. The Morgan fingerprint density at radius 1 is 1.20 bits per heavy atom. The molecule has 1 amide bonds. The van der Waals surface area contributed by atoms with Crippen molar-refractivity contribution in [2.75, 3.05) is 40.3 Å². The number of rotatable bonds is 3. The van der Waals surface area contributed by atoms with Crippen molar-refractivity contribution < 1.29 is 9.90 Å². The van der Waals surface area contributed by atoms with Gasteiger partial charge in [-0.1, -0.05) is 30.3 Å². The number of carbonyl (C=O) groups excluding carboxylic acids is 1. The molecule has 30 heavy (non-hydrogen) atoms. The number of benzene rings is 1. The summed E-state index contributed by atoms with van der Waals surface area (Å²) in [6, 6.07) is 9.60. The monoisotopic (exact) mass is 455 g/mol. The quantitative estimate of drug-likeness (QED) is 0.733. The molecule has 2 aliphatic rings. The van der Waals surface area contributed by atoms with Crippen LogP contribution in [0.1, 0.15) is 28.3 Å². The minimum absolute atomic E-state index is 0. The van der Waals surface area contributed by atoms with Crippen molar-refractivity contribution in [3.05, 3.63) is 53.6 Å². The fraction of sp³-hybridized carbons (Fsp3) is 0.524. The Bertz CT molecular complexity index is 822. The van der Waals surface area contributed by atoms with Crippen LogP contribution in [0.3, 0.4) is 0 Å². The number of aliphatic hydroxyl groups is 1. The highest BCUT2D eigenvalue weighted by Crippen LogP contribution is 2.35. The van der Waals surface area contributed by atoms with Gasteiger partial charge in [-0.05, 0) is 26.1 Å². The zero-order valence-corrected chi connectivity index (χ0v) is 19.1. The molecule has 0 radical (unpaired) electrons. The molecule has 166 valence electrons. The summed E-state index contributed by atoms with van der Waals surface area (Å²) in [5.41, 5.74) is 0.444. The molecule has 2 atom stereocenters. The van der Waals surface area contributed by atoms with Crippen LogP contribution < -0.4 is 5.32 Å². The molecule has 0 unspecified atom stereocenters. The Hall–Kier alpha value is -1.64. The van der Waals surface area contributed by atoms with Crippen molar-refractivity contribution >= 4 is 30.7 Å². The van der Waals surface area contributed by atoms with Gasteiger partial charge in [0.25, 0.3) is 5.91 Å². The summed E-state index contributed by atoms with van der Waals surface area (Å²) in [4.78, 5) is 21.6. The molecule has 2 N–H and O–H groups in total. The summed E-state index contributed by atoms with van der Waals surface area (Å²) in [5, 5.41) is 14.8. The highest BCUT2D eigenvalue weighted by Gasteiger charge is 2.45. The average Bonchev–Trinajstić information content (AvgIpc) is 2.98. The van der Waals surface area contributed by atoms with E-state index in [4.69, 9.17) is 0 Å². The van der Waals surface area contributed by atoms with Crippen LogP contribution in [0.25, 0.3) is 0 Å². The number of hydrogen-bond acceptors (Lipinski definition) is 5. The lowest BCUT2D eigenvalue weighted by Gasteiger charge is -2.47. The third-order valence-corrected chi connectivity index (χ3v) is 6.02. The zero-order chi connectivity index (χ0) is 19.7. The predicted molar refractivity (Wildman–Crippen MR) is 122 cm³/mol. The Balaban J connectivity index is 0.00000160. The first-order valence-electron chi connectivity index (χ1n) is 9.99. The molecular formula is C21H31Cl2N5O2. The number of aromatic nitrogens is 2. The number of carbonyl (C=O) groups is 1. The maximum atomic E-state index is 13.2. The average molecular weight is 456 g/mol. The van der Waals surface area contributed by atoms with Gasteiger partial charge in [-0.25, -0.2) is 4.98 Å². The largest absolute Gasteiger partial charge is 0.383 e. The SMILES string of the molecule is CN(C)[C@@H]1CN(C(=O)c2cn3c(n2)CCNCC3)CC[C@]1(O)c1ccccc1.Cl.Cl. The van der Waals surface area contributed by atoms with Gasteiger partial charge < -0.3 is 24.8 Å². The number of likely N-dealkylation sites (N-methyl/N-ethyl adjacent to an activating group) is 1. The van der Waals surface area contributed by atoms with Crippen LogP contribution in [0.2, 0.25) is 0 Å². The van der Waals surface area contributed by atoms with E-state index in [9.17, 15) is 9.90 Å². The Kier molecular flexibility index (Phi) is 8.30. The van der Waals surface area contributed by atoms with Gasteiger partial charge in [0.05, 0.1) is 6.04 Å². The third kappa shape index (κ3) is 4.65. The number of nitrogens with one attached hydrogen (secondary N) is 1. The standard InChI is InChI=1S/C21H29N5O2.2ClH/c1-24(2)18-15-26(12-9-21(18,28)16-6-4-3-5-7-16)20(27)17-14-25-13-11-22-10-8-19(25)23-17;;/h3-7,14,18,22,28H,8-13,15H2,1-2H3;2*1H/t18-,21+;;/m1../s1. The van der Waals surface area contributed by atoms with E-state index in [1.807, 2.05) is 60.4 Å². The van der Waals surface area contributed by atoms with E-state index in [0.29, 0.717) is 25.2 Å². The van der Waals surface area contributed by atoms with Gasteiger partial charge in [0.1, 0.15) is 17.1 Å². The molecule has 0 aliphatic carbocycles. The van der Waals surface area contributed by atoms with Crippen molar-refractivity contribution in [3.8, 4) is 0 Å². The number of piperidine rings is 1. The van der Waals surface area contributed by atoms with Gasteiger partial charge in [0, 0.05) is 45.3 Å². The number of halogens is 2. The third-order valence-electron chi connectivity index (χ3n) is 6.02. The van der Waals surface area contributed by atoms with Crippen LogP contribution in [0.5, 0.6) is 0 Å². The molecule has 2 aliphatic heterocycles. The molecule has 1 aromatic heterocycles. The van der Waals surface area contributed by atoms with Crippen LogP contribution >= 0.6 is 24.8 Å². The van der Waals surface area contributed by atoms with Crippen molar-refractivity contribution in [2.45, 2.75) is 31.0 Å². The van der Waals surface area contributed by atoms with Gasteiger partial charge >= 0.3 is 0 Å². The van der Waals surface area contributed by atoms with Gasteiger partial charge in [-0.2, -0.15) is 0 Å². The zero-order valence-electron chi connectivity index (χ0n) is 17.5. The van der Waals surface area contributed by atoms with Gasteiger partial charge in [-0.15, -0.1) is 24.8 Å². The number of amides is 1. The van der Waals surface area contributed by atoms with E-state index in [1.165, 1.54) is 0 Å². The fourth-order valence-corrected chi connectivity index (χ4v) is 4.40. The lowest BCUT2D eigenvalue weighted by Crippen LogP contribution is -2.60. The van der Waals surface area contributed by atoms with Crippen molar-refractivity contribution in [2.24, 2.45) is 0 Å². The minimum Gasteiger partial charge on any atom is -0.383 e. The van der Waals surface area contributed by atoms with Gasteiger partial charge in [0.15, 0.2) is 0 Å². The molecule has 1 saturated heterocycles. The second-order valence-electron chi connectivity index (χ2n) is 8.01. The topological polar surface area (TPSA) is 73.6 Å². The van der Waals surface area contributed by atoms with E-state index in [1.54, 1.807) is 0 Å². The first-order chi connectivity index (χ1) is 13.5. The summed E-state index contributed by atoms with van der Waals surface area (Å²) in [5.74, 6) is 0.922. The van der Waals surface area contributed by atoms with Crippen molar-refractivity contribution in [1.29, 1.82) is 0 Å². The molecule has 0 saturated carbocycles. The smallest absolute Gasteiger partial charge is 0.274 e. The molecule has 3 heterocycles. The molecule has 0 spiro atoms. The molecular weight excluding hydrogens is 425 g/mol. The normalized spacial score (nSPS) is 23.7. The number of fused-ring (bicyclic) bond motifs is 1. The minimum atomic E-state index is -0.974. The number of nitrogens with zero attached hydrogens (tertiary/aromatic N) is 4. The number of likely N-dealkylation sites (tertiary alicyclic amines) is 1. The fourth-order valence-electron chi connectivity index (χ4n) is 4.40. The maximum Gasteiger partial charge on any atom is 0.274 e. The first-order valence-corrected chi connectivity index (χ1v) is 9.99. The van der Waals surface area contributed by atoms with Crippen LogP contribution in [0.15, 0.2) is 36.5 Å². The summed E-state index contributed by atoms with van der Waals surface area (Å²) in [6.45, 7) is 3.61. The maximum absolute atomic E-state index is 13.2. The van der Waals surface area contributed by atoms with Crippen LogP contribution in [0.4, 0.5) is 0 Å². The lowest BCUT2D eigenvalue weighted by molar-refractivity contribution is -0.0811. The van der Waals surface area contributed by atoms with E-state index in [0.717, 1.165) is 37.4 Å².